The van der Waals surface area contributed by atoms with Gasteiger partial charge in [0.25, 0.3) is 0 Å². The monoisotopic (exact) mass is 468 g/mol. The van der Waals surface area contributed by atoms with Crippen molar-refractivity contribution in [2.24, 2.45) is 0 Å². The van der Waals surface area contributed by atoms with Gasteiger partial charge in [-0.05, 0) is 24.4 Å². The van der Waals surface area contributed by atoms with Crippen LogP contribution in [-0.4, -0.2) is 30.2 Å². The molecule has 2 atom stereocenters. The Bertz CT molecular complexity index is 245. The van der Waals surface area contributed by atoms with E-state index in [1.165, 1.54) is 0 Å². The first kappa shape index (κ1) is 24.2. The summed E-state index contributed by atoms with van der Waals surface area (Å²) in [6.45, 7) is 3.70. The first-order valence-electron chi connectivity index (χ1n) is 4.54. The van der Waals surface area contributed by atoms with Crippen LogP contribution in [0.15, 0.2) is 0 Å². The number of carbonyl (C=O) groups is 2. The van der Waals surface area contributed by atoms with Gasteiger partial charge in [-0.1, -0.05) is 45.7 Å². The molecule has 2 unspecified atom stereocenters. The number of carboxylic acids is 1. The van der Waals surface area contributed by atoms with Crippen LogP contribution in [0.3, 0.4) is 0 Å². The standard InChI is InChI=1S/C4H6BrClO.C4H7BrO2.Cl2OS/c2*1-2-3(5)4(6)7;1-4(2)3/h3H,2H2,1H3;3H,2H2,1H3,(H,6,7);. The topological polar surface area (TPSA) is 71.4 Å². The molecule has 0 fully saturated rings. The van der Waals surface area contributed by atoms with Gasteiger partial charge >= 0.3 is 5.97 Å². The van der Waals surface area contributed by atoms with Crippen molar-refractivity contribution in [3.05, 3.63) is 0 Å². The van der Waals surface area contributed by atoms with Gasteiger partial charge in [0.1, 0.15) is 4.83 Å². The van der Waals surface area contributed by atoms with Crippen LogP contribution in [0, 0.1) is 0 Å². The number of rotatable bonds is 4. The molecule has 0 saturated heterocycles. The van der Waals surface area contributed by atoms with Crippen molar-refractivity contribution in [2.75, 3.05) is 0 Å². The van der Waals surface area contributed by atoms with Crippen LogP contribution in [0.1, 0.15) is 26.7 Å². The Labute approximate surface area is 139 Å². The van der Waals surface area contributed by atoms with Gasteiger partial charge in [0.15, 0.2) is 0 Å². The number of alkyl halides is 2. The second-order valence-electron chi connectivity index (χ2n) is 2.58. The number of aliphatic carboxylic acids is 1. The summed E-state index contributed by atoms with van der Waals surface area (Å²) < 4.78 is 9.09. The van der Waals surface area contributed by atoms with Gasteiger partial charge in [0.2, 0.25) is 14.5 Å². The van der Waals surface area contributed by atoms with Crippen LogP contribution in [-0.2, 0) is 18.8 Å². The van der Waals surface area contributed by atoms with E-state index in [9.17, 15) is 9.59 Å². The molecule has 0 heterocycles. The summed E-state index contributed by atoms with van der Waals surface area (Å²) in [4.78, 5) is 19.5. The lowest BCUT2D eigenvalue weighted by Gasteiger charge is -1.94. The maximum atomic E-state index is 10.1. The molecule has 10 heteroatoms. The third-order valence-electron chi connectivity index (χ3n) is 1.23. The number of carboxylic acid groups (broad SMARTS) is 1. The molecule has 0 amide bonds. The van der Waals surface area contributed by atoms with E-state index in [0.717, 1.165) is 6.42 Å². The van der Waals surface area contributed by atoms with Gasteiger partial charge in [-0.15, -0.1) is 0 Å². The van der Waals surface area contributed by atoms with Gasteiger partial charge in [0, 0.05) is 21.4 Å². The van der Waals surface area contributed by atoms with Gasteiger partial charge in [-0.25, -0.2) is 4.21 Å². The summed E-state index contributed by atoms with van der Waals surface area (Å²) in [6, 6.07) is 0. The summed E-state index contributed by atoms with van der Waals surface area (Å²) >= 11 is 11.0. The average molecular weight is 471 g/mol. The summed E-state index contributed by atoms with van der Waals surface area (Å²) in [5.41, 5.74) is 0. The van der Waals surface area contributed by atoms with Crippen molar-refractivity contribution < 1.29 is 18.9 Å². The lowest BCUT2D eigenvalue weighted by Crippen LogP contribution is -2.09. The molecule has 0 bridgehead atoms. The predicted molar refractivity (Wildman–Crippen MR) is 84.4 cm³/mol. The average Bonchev–Trinajstić information content (AvgIpc) is 2.26. The second-order valence-corrected chi connectivity index (χ2v) is 7.69. The van der Waals surface area contributed by atoms with E-state index in [1.54, 1.807) is 0 Å². The summed E-state index contributed by atoms with van der Waals surface area (Å²) in [5.74, 6) is -0.789. The van der Waals surface area contributed by atoms with Gasteiger partial charge < -0.3 is 5.11 Å². The Morgan fingerprint density at radius 2 is 1.44 bits per heavy atom. The molecule has 0 aromatic carbocycles. The molecule has 0 radical (unpaired) electrons. The fraction of sp³-hybridized carbons (Fsp3) is 0.750. The SMILES string of the molecule is CCC(Br)C(=O)Cl.CCC(Br)C(=O)O.O=S(Cl)Cl. The molecular formula is C8H13Br2Cl3O4S. The molecule has 18 heavy (non-hydrogen) atoms. The summed E-state index contributed by atoms with van der Waals surface area (Å²) in [7, 11) is 7.36. The number of halogens is 5. The van der Waals surface area contributed by atoms with Crippen molar-refractivity contribution in [3.8, 4) is 0 Å². The maximum absolute atomic E-state index is 10.1. The van der Waals surface area contributed by atoms with E-state index in [4.69, 9.17) is 20.9 Å². The Morgan fingerprint density at radius 3 is 1.44 bits per heavy atom. The van der Waals surface area contributed by atoms with Crippen LogP contribution < -0.4 is 0 Å². The Balaban J connectivity index is -0.000000196. The third-order valence-corrected chi connectivity index (χ3v) is 3.86. The lowest BCUT2D eigenvalue weighted by atomic mass is 10.3. The Kier molecular flexibility index (Phi) is 21.7. The van der Waals surface area contributed by atoms with Crippen molar-refractivity contribution >= 4 is 85.3 Å². The van der Waals surface area contributed by atoms with E-state index in [0.29, 0.717) is 6.42 Å². The van der Waals surface area contributed by atoms with Crippen LogP contribution in [0.4, 0.5) is 0 Å². The van der Waals surface area contributed by atoms with Gasteiger partial charge in [0.05, 0.1) is 4.83 Å². The normalized spacial score (nSPS) is 12.4. The Morgan fingerprint density at radius 1 is 1.17 bits per heavy atom. The van der Waals surface area contributed by atoms with Crippen molar-refractivity contribution in [3.63, 3.8) is 0 Å². The third kappa shape index (κ3) is 25.8. The maximum Gasteiger partial charge on any atom is 0.317 e. The minimum atomic E-state index is -1.67. The van der Waals surface area contributed by atoms with Gasteiger partial charge in [-0.2, -0.15) is 0 Å². The fourth-order valence-corrected chi connectivity index (χ4v) is 0.489. The molecule has 0 spiro atoms. The van der Waals surface area contributed by atoms with E-state index in [1.807, 2.05) is 13.8 Å². The molecule has 0 aromatic heterocycles. The Hall–Kier alpha value is 1.12. The van der Waals surface area contributed by atoms with Crippen molar-refractivity contribution in [2.45, 2.75) is 36.3 Å². The van der Waals surface area contributed by atoms with Crippen LogP contribution in [0.2, 0.25) is 0 Å². The smallest absolute Gasteiger partial charge is 0.317 e. The highest BCUT2D eigenvalue weighted by Gasteiger charge is 2.07. The first-order valence-corrected chi connectivity index (χ1v) is 9.55. The van der Waals surface area contributed by atoms with E-state index >= 15 is 0 Å². The zero-order chi connectivity index (χ0) is 15.3. The lowest BCUT2D eigenvalue weighted by molar-refractivity contribution is -0.136. The van der Waals surface area contributed by atoms with E-state index < -0.39 is 15.2 Å². The van der Waals surface area contributed by atoms with Gasteiger partial charge in [-0.3, -0.25) is 9.59 Å². The van der Waals surface area contributed by atoms with Crippen LogP contribution >= 0.6 is 64.8 Å². The van der Waals surface area contributed by atoms with Crippen molar-refractivity contribution in [1.29, 1.82) is 0 Å². The molecule has 0 rings (SSSR count). The highest BCUT2D eigenvalue weighted by molar-refractivity contribution is 9.10. The minimum absolute atomic E-state index is 0.158. The van der Waals surface area contributed by atoms with E-state index in [2.05, 4.69) is 53.2 Å². The summed E-state index contributed by atoms with van der Waals surface area (Å²) in [5, 5.41) is 7.82. The molecule has 0 saturated carbocycles. The number of carbonyl (C=O) groups excluding carboxylic acids is 1. The highest BCUT2D eigenvalue weighted by Crippen LogP contribution is 2.06. The zero-order valence-electron chi connectivity index (χ0n) is 9.54. The van der Waals surface area contributed by atoms with Crippen LogP contribution in [0.5, 0.6) is 0 Å². The fourth-order valence-electron chi connectivity index (χ4n) is 0.335. The second kappa shape index (κ2) is 16.2. The number of hydrogen-bond acceptors (Lipinski definition) is 3. The number of hydrogen-bond donors (Lipinski definition) is 1. The predicted octanol–water partition coefficient (Wildman–Crippen LogP) is 4.21. The molecule has 0 aliphatic carbocycles. The molecule has 1 N–H and O–H groups in total. The zero-order valence-corrected chi connectivity index (χ0v) is 15.8. The van der Waals surface area contributed by atoms with E-state index in [-0.39, 0.29) is 14.9 Å². The minimum Gasteiger partial charge on any atom is -0.480 e. The molecular weight excluding hydrogens is 458 g/mol. The molecule has 110 valence electrons. The molecule has 4 nitrogen and oxygen atoms in total. The first-order chi connectivity index (χ1) is 8.09. The quantitative estimate of drug-likeness (QED) is 0.493. The largest absolute Gasteiger partial charge is 0.480 e. The van der Waals surface area contributed by atoms with Crippen LogP contribution in [0.25, 0.3) is 0 Å². The summed E-state index contributed by atoms with van der Waals surface area (Å²) in [6.07, 6.45) is 1.39. The highest BCUT2D eigenvalue weighted by atomic mass is 79.9. The molecule has 0 aliphatic heterocycles. The van der Waals surface area contributed by atoms with Crippen molar-refractivity contribution in [1.82, 2.24) is 0 Å². The molecule has 0 aliphatic rings. The molecule has 0 aromatic rings.